The zero-order valence-corrected chi connectivity index (χ0v) is 14.9. The first-order valence-electron chi connectivity index (χ1n) is 8.12. The first-order valence-corrected chi connectivity index (χ1v) is 9.26. The molecule has 3 rings (SSSR count). The van der Waals surface area contributed by atoms with Crippen LogP contribution in [0, 0.1) is 5.92 Å². The Bertz CT molecular complexity index is 494. The normalized spacial score (nSPS) is 22.7. The number of halogens is 3. The summed E-state index contributed by atoms with van der Waals surface area (Å²) >= 11 is 19.2. The molecule has 1 N–H and O–H groups in total. The Kier molecular flexibility index (Phi) is 5.85. The molecule has 2 heterocycles. The molecule has 6 heteroatoms. The molecule has 1 aromatic rings. The van der Waals surface area contributed by atoms with Crippen molar-refractivity contribution in [3.63, 3.8) is 0 Å². The van der Waals surface area contributed by atoms with E-state index in [4.69, 9.17) is 34.8 Å². The van der Waals surface area contributed by atoms with Crippen molar-refractivity contribution in [2.24, 2.45) is 5.92 Å². The third-order valence-electron chi connectivity index (χ3n) is 4.90. The number of rotatable bonds is 3. The molecule has 2 fully saturated rings. The predicted molar refractivity (Wildman–Crippen MR) is 93.0 cm³/mol. The molecule has 1 aromatic heterocycles. The minimum absolute atomic E-state index is 0.253. The van der Waals surface area contributed by atoms with E-state index in [0.29, 0.717) is 21.1 Å². The van der Waals surface area contributed by atoms with Gasteiger partial charge < -0.3 is 5.32 Å². The summed E-state index contributed by atoms with van der Waals surface area (Å²) in [5.74, 6) is 0.598. The van der Waals surface area contributed by atoms with Crippen LogP contribution in [0.3, 0.4) is 0 Å². The lowest BCUT2D eigenvalue weighted by molar-refractivity contribution is 0.103. The maximum absolute atomic E-state index is 6.51. The van der Waals surface area contributed by atoms with Gasteiger partial charge in [0, 0.05) is 44.0 Å². The topological polar surface area (TPSA) is 28.2 Å². The molecule has 122 valence electrons. The van der Waals surface area contributed by atoms with E-state index < -0.39 is 0 Å². The van der Waals surface area contributed by atoms with Gasteiger partial charge in [-0.3, -0.25) is 4.90 Å². The summed E-state index contributed by atoms with van der Waals surface area (Å²) in [6, 6.07) is 0.253. The van der Waals surface area contributed by atoms with Crippen LogP contribution in [0.4, 0.5) is 0 Å². The molecule has 1 saturated carbocycles. The van der Waals surface area contributed by atoms with Crippen LogP contribution in [0.25, 0.3) is 0 Å². The molecular formula is C16H22Cl3N3. The minimum Gasteiger partial charge on any atom is -0.314 e. The van der Waals surface area contributed by atoms with E-state index in [1.807, 2.05) is 0 Å². The Morgan fingerprint density at radius 1 is 1.09 bits per heavy atom. The van der Waals surface area contributed by atoms with Gasteiger partial charge in [-0.1, -0.05) is 54.1 Å². The highest BCUT2D eigenvalue weighted by atomic mass is 35.5. The van der Waals surface area contributed by atoms with Gasteiger partial charge in [0.1, 0.15) is 5.15 Å². The molecule has 3 nitrogen and oxygen atoms in total. The zero-order chi connectivity index (χ0) is 15.5. The molecule has 0 aromatic carbocycles. The predicted octanol–water partition coefficient (Wildman–Crippen LogP) is 4.57. The first-order chi connectivity index (χ1) is 10.7. The van der Waals surface area contributed by atoms with Gasteiger partial charge >= 0.3 is 0 Å². The molecule has 1 aliphatic heterocycles. The maximum Gasteiger partial charge on any atom is 0.148 e. The SMILES string of the molecule is Clc1cnc(Cl)c(Cl)c1[C@@H](C1CCCCC1)N1CCNCC1. The van der Waals surface area contributed by atoms with E-state index in [2.05, 4.69) is 15.2 Å². The second-order valence-electron chi connectivity index (χ2n) is 6.25. The van der Waals surface area contributed by atoms with Crippen molar-refractivity contribution < 1.29 is 0 Å². The molecule has 22 heavy (non-hydrogen) atoms. The molecule has 1 saturated heterocycles. The molecule has 0 bridgehead atoms. The van der Waals surface area contributed by atoms with Crippen LogP contribution in [0.15, 0.2) is 6.20 Å². The standard InChI is InChI=1S/C16H22Cl3N3/c17-12-10-21-16(19)14(18)13(12)15(11-4-2-1-3-5-11)22-8-6-20-7-9-22/h10-11,15,20H,1-9H2/t15-/m1/s1. The van der Waals surface area contributed by atoms with Crippen molar-refractivity contribution in [1.82, 2.24) is 15.2 Å². The summed E-state index contributed by atoms with van der Waals surface area (Å²) in [6.07, 6.45) is 8.04. The largest absolute Gasteiger partial charge is 0.314 e. The summed E-state index contributed by atoms with van der Waals surface area (Å²) in [6.45, 7) is 4.07. The summed E-state index contributed by atoms with van der Waals surface area (Å²) in [4.78, 5) is 6.61. The van der Waals surface area contributed by atoms with Crippen LogP contribution in [0.5, 0.6) is 0 Å². The summed E-state index contributed by atoms with van der Waals surface area (Å²) in [5.41, 5.74) is 0.983. The molecule has 0 unspecified atom stereocenters. The molecule has 1 atom stereocenters. The fraction of sp³-hybridized carbons (Fsp3) is 0.688. The monoisotopic (exact) mass is 361 g/mol. The number of aromatic nitrogens is 1. The molecular weight excluding hydrogens is 341 g/mol. The average molecular weight is 363 g/mol. The number of hydrogen-bond acceptors (Lipinski definition) is 3. The average Bonchev–Trinajstić information content (AvgIpc) is 2.57. The highest BCUT2D eigenvalue weighted by Gasteiger charge is 2.34. The third kappa shape index (κ3) is 3.54. The van der Waals surface area contributed by atoms with E-state index >= 15 is 0 Å². The van der Waals surface area contributed by atoms with Crippen molar-refractivity contribution in [2.75, 3.05) is 26.2 Å². The van der Waals surface area contributed by atoms with Crippen molar-refractivity contribution in [3.05, 3.63) is 27.0 Å². The molecule has 0 spiro atoms. The third-order valence-corrected chi connectivity index (χ3v) is 5.97. The van der Waals surface area contributed by atoms with Gasteiger partial charge in [-0.15, -0.1) is 0 Å². The molecule has 0 amide bonds. The van der Waals surface area contributed by atoms with E-state index in [1.54, 1.807) is 6.20 Å². The van der Waals surface area contributed by atoms with Crippen LogP contribution in [-0.4, -0.2) is 36.1 Å². The van der Waals surface area contributed by atoms with E-state index in [1.165, 1.54) is 32.1 Å². The number of pyridine rings is 1. The van der Waals surface area contributed by atoms with Crippen LogP contribution in [0.1, 0.15) is 43.7 Å². The van der Waals surface area contributed by atoms with Gasteiger partial charge in [-0.25, -0.2) is 4.98 Å². The van der Waals surface area contributed by atoms with Gasteiger partial charge in [0.15, 0.2) is 0 Å². The van der Waals surface area contributed by atoms with Crippen LogP contribution >= 0.6 is 34.8 Å². The number of hydrogen-bond donors (Lipinski definition) is 1. The van der Waals surface area contributed by atoms with Gasteiger partial charge in [0.25, 0.3) is 0 Å². The number of nitrogens with one attached hydrogen (secondary N) is 1. The lowest BCUT2D eigenvalue weighted by Crippen LogP contribution is -2.47. The Morgan fingerprint density at radius 2 is 1.77 bits per heavy atom. The summed E-state index contributed by atoms with van der Waals surface area (Å²) in [7, 11) is 0. The molecule has 0 radical (unpaired) electrons. The highest BCUT2D eigenvalue weighted by molar-refractivity contribution is 6.43. The quantitative estimate of drug-likeness (QED) is 0.798. The van der Waals surface area contributed by atoms with Crippen LogP contribution in [-0.2, 0) is 0 Å². The lowest BCUT2D eigenvalue weighted by Gasteiger charge is -2.41. The smallest absolute Gasteiger partial charge is 0.148 e. The van der Waals surface area contributed by atoms with Crippen molar-refractivity contribution >= 4 is 34.8 Å². The van der Waals surface area contributed by atoms with Gasteiger partial charge in [-0.05, 0) is 18.8 Å². The summed E-state index contributed by atoms with van der Waals surface area (Å²) < 4.78 is 0. The maximum atomic E-state index is 6.51. The van der Waals surface area contributed by atoms with E-state index in [9.17, 15) is 0 Å². The Labute approximate surface area is 147 Å². The minimum atomic E-state index is 0.253. The second kappa shape index (κ2) is 7.67. The fourth-order valence-corrected chi connectivity index (χ4v) is 4.57. The van der Waals surface area contributed by atoms with Crippen molar-refractivity contribution in [1.29, 1.82) is 0 Å². The number of piperazine rings is 1. The Morgan fingerprint density at radius 3 is 2.45 bits per heavy atom. The van der Waals surface area contributed by atoms with Crippen molar-refractivity contribution in [3.8, 4) is 0 Å². The Balaban J connectivity index is 1.98. The van der Waals surface area contributed by atoms with E-state index in [-0.39, 0.29) is 6.04 Å². The van der Waals surface area contributed by atoms with Crippen molar-refractivity contribution in [2.45, 2.75) is 38.1 Å². The number of nitrogens with zero attached hydrogens (tertiary/aromatic N) is 2. The van der Waals surface area contributed by atoms with Crippen LogP contribution in [0.2, 0.25) is 15.2 Å². The second-order valence-corrected chi connectivity index (χ2v) is 7.40. The summed E-state index contributed by atoms with van der Waals surface area (Å²) in [5, 5.41) is 4.95. The molecule has 2 aliphatic rings. The van der Waals surface area contributed by atoms with Gasteiger partial charge in [0.2, 0.25) is 0 Å². The Hall–Kier alpha value is -0.0600. The molecule has 1 aliphatic carbocycles. The van der Waals surface area contributed by atoms with E-state index in [0.717, 1.165) is 31.7 Å². The lowest BCUT2D eigenvalue weighted by atomic mass is 9.80. The van der Waals surface area contributed by atoms with Gasteiger partial charge in [-0.2, -0.15) is 0 Å². The zero-order valence-electron chi connectivity index (χ0n) is 12.6. The first kappa shape index (κ1) is 16.8. The van der Waals surface area contributed by atoms with Gasteiger partial charge in [0.05, 0.1) is 10.0 Å². The fourth-order valence-electron chi connectivity index (χ4n) is 3.85. The highest BCUT2D eigenvalue weighted by Crippen LogP contribution is 2.44. The van der Waals surface area contributed by atoms with Crippen LogP contribution < -0.4 is 5.32 Å².